The van der Waals surface area contributed by atoms with E-state index < -0.39 is 0 Å². The predicted octanol–water partition coefficient (Wildman–Crippen LogP) is 3.98. The zero-order valence-electron chi connectivity index (χ0n) is 12.8. The predicted molar refractivity (Wildman–Crippen MR) is 88.1 cm³/mol. The van der Waals surface area contributed by atoms with Gasteiger partial charge in [0.1, 0.15) is 5.82 Å². The minimum atomic E-state index is -0.161. The van der Waals surface area contributed by atoms with Crippen molar-refractivity contribution in [1.29, 1.82) is 0 Å². The van der Waals surface area contributed by atoms with Crippen LogP contribution in [0, 0.1) is 0 Å². The molecule has 0 spiro atoms. The molecular formula is C17H21ClN2O. The summed E-state index contributed by atoms with van der Waals surface area (Å²) in [6.45, 7) is 8.05. The van der Waals surface area contributed by atoms with Crippen LogP contribution in [-0.4, -0.2) is 29.8 Å². The molecule has 3 nitrogen and oxygen atoms in total. The van der Waals surface area contributed by atoms with E-state index in [1.807, 2.05) is 18.2 Å². The number of hydrogen-bond acceptors (Lipinski definition) is 3. The van der Waals surface area contributed by atoms with Gasteiger partial charge in [-0.3, -0.25) is 0 Å². The molecule has 2 heterocycles. The van der Waals surface area contributed by atoms with Crippen LogP contribution in [-0.2, 0) is 10.6 Å². The lowest BCUT2D eigenvalue weighted by Gasteiger charge is -2.42. The van der Waals surface area contributed by atoms with E-state index in [1.54, 1.807) is 0 Å². The van der Waals surface area contributed by atoms with Crippen molar-refractivity contribution in [3.8, 4) is 0 Å². The molecule has 0 N–H and O–H groups in total. The second kappa shape index (κ2) is 5.47. The van der Waals surface area contributed by atoms with Gasteiger partial charge in [-0.05, 0) is 38.5 Å². The van der Waals surface area contributed by atoms with Gasteiger partial charge in [-0.25, -0.2) is 4.98 Å². The zero-order valence-corrected chi connectivity index (χ0v) is 13.5. The molecule has 1 aromatic carbocycles. The maximum absolute atomic E-state index is 6.13. The Morgan fingerprint density at radius 2 is 2.14 bits per heavy atom. The Balaban J connectivity index is 2.04. The van der Waals surface area contributed by atoms with E-state index in [0.717, 1.165) is 35.4 Å². The fourth-order valence-corrected chi connectivity index (χ4v) is 3.35. The fraction of sp³-hybridized carbons (Fsp3) is 0.471. The van der Waals surface area contributed by atoms with Crippen molar-refractivity contribution < 1.29 is 4.74 Å². The van der Waals surface area contributed by atoms with Crippen LogP contribution in [0.3, 0.4) is 0 Å². The van der Waals surface area contributed by atoms with Gasteiger partial charge in [0.25, 0.3) is 0 Å². The Labute approximate surface area is 130 Å². The lowest BCUT2D eigenvalue weighted by Crippen LogP contribution is -2.52. The van der Waals surface area contributed by atoms with E-state index in [-0.39, 0.29) is 11.7 Å². The Morgan fingerprint density at radius 1 is 1.38 bits per heavy atom. The summed E-state index contributed by atoms with van der Waals surface area (Å²) < 4.78 is 5.97. The Kier molecular flexibility index (Phi) is 3.80. The van der Waals surface area contributed by atoms with Gasteiger partial charge in [0.15, 0.2) is 0 Å². The maximum Gasteiger partial charge on any atom is 0.129 e. The number of fused-ring (bicyclic) bond motifs is 1. The lowest BCUT2D eigenvalue weighted by atomic mass is 10.0. The van der Waals surface area contributed by atoms with Crippen LogP contribution in [0.25, 0.3) is 10.9 Å². The maximum atomic E-state index is 6.13. The van der Waals surface area contributed by atoms with Gasteiger partial charge in [0, 0.05) is 24.4 Å². The van der Waals surface area contributed by atoms with E-state index in [0.29, 0.717) is 5.88 Å². The summed E-state index contributed by atoms with van der Waals surface area (Å²) in [4.78, 5) is 7.12. The molecule has 112 valence electrons. The third kappa shape index (κ3) is 2.99. The van der Waals surface area contributed by atoms with E-state index in [4.69, 9.17) is 21.3 Å². The molecule has 0 bridgehead atoms. The van der Waals surface area contributed by atoms with Crippen molar-refractivity contribution in [3.63, 3.8) is 0 Å². The van der Waals surface area contributed by atoms with Crippen LogP contribution in [0.1, 0.15) is 26.3 Å². The summed E-state index contributed by atoms with van der Waals surface area (Å²) >= 11 is 6.13. The van der Waals surface area contributed by atoms with Gasteiger partial charge in [-0.15, -0.1) is 11.6 Å². The third-order valence-electron chi connectivity index (χ3n) is 3.83. The molecule has 0 aliphatic carbocycles. The van der Waals surface area contributed by atoms with Gasteiger partial charge in [-0.1, -0.05) is 18.2 Å². The van der Waals surface area contributed by atoms with Crippen molar-refractivity contribution in [2.45, 2.75) is 38.4 Å². The molecule has 4 heteroatoms. The number of benzene rings is 1. The molecule has 1 saturated heterocycles. The fourth-order valence-electron chi connectivity index (χ4n) is 3.13. The number of ether oxygens (including phenoxy) is 1. The first-order valence-corrected chi connectivity index (χ1v) is 7.89. The number of pyridine rings is 1. The quantitative estimate of drug-likeness (QED) is 0.785. The monoisotopic (exact) mass is 304 g/mol. The molecule has 1 aliphatic rings. The Morgan fingerprint density at radius 3 is 2.86 bits per heavy atom. The molecule has 1 fully saturated rings. The molecule has 1 unspecified atom stereocenters. The van der Waals surface area contributed by atoms with Crippen LogP contribution in [0.15, 0.2) is 30.3 Å². The molecule has 21 heavy (non-hydrogen) atoms. The number of alkyl halides is 1. The van der Waals surface area contributed by atoms with E-state index in [9.17, 15) is 0 Å². The number of morpholine rings is 1. The first-order valence-electron chi connectivity index (χ1n) is 7.36. The molecule has 1 aliphatic heterocycles. The second-order valence-corrected chi connectivity index (χ2v) is 6.63. The Hall–Kier alpha value is -1.32. The van der Waals surface area contributed by atoms with E-state index in [2.05, 4.69) is 37.8 Å². The standard InChI is InChI=1S/C17H21ClN2O/c1-12-10-20(11-17(2,3)21-12)16-8-13(9-18)14-6-4-5-7-15(14)19-16/h4-8,12H,9-11H2,1-3H3. The molecule has 2 aromatic rings. The minimum Gasteiger partial charge on any atom is -0.369 e. The van der Waals surface area contributed by atoms with Crippen LogP contribution in [0.2, 0.25) is 0 Å². The van der Waals surface area contributed by atoms with Crippen molar-refractivity contribution >= 4 is 28.3 Å². The average Bonchev–Trinajstić information content (AvgIpc) is 2.44. The topological polar surface area (TPSA) is 25.4 Å². The van der Waals surface area contributed by atoms with Gasteiger partial charge in [0.2, 0.25) is 0 Å². The highest BCUT2D eigenvalue weighted by Gasteiger charge is 2.32. The second-order valence-electron chi connectivity index (χ2n) is 6.36. The summed E-state index contributed by atoms with van der Waals surface area (Å²) in [5.74, 6) is 1.49. The molecule has 1 atom stereocenters. The van der Waals surface area contributed by atoms with Crippen molar-refractivity contribution in [1.82, 2.24) is 4.98 Å². The van der Waals surface area contributed by atoms with E-state index >= 15 is 0 Å². The van der Waals surface area contributed by atoms with Gasteiger partial charge in [-0.2, -0.15) is 0 Å². The highest BCUT2D eigenvalue weighted by molar-refractivity contribution is 6.18. The Bertz CT molecular complexity index is 656. The normalized spacial score (nSPS) is 21.7. The van der Waals surface area contributed by atoms with E-state index in [1.165, 1.54) is 0 Å². The van der Waals surface area contributed by atoms with Crippen LogP contribution in [0.4, 0.5) is 5.82 Å². The molecule has 1 aromatic heterocycles. The zero-order chi connectivity index (χ0) is 15.0. The number of para-hydroxylation sites is 1. The number of halogens is 1. The first-order chi connectivity index (χ1) is 9.98. The van der Waals surface area contributed by atoms with Gasteiger partial charge < -0.3 is 9.64 Å². The molecule has 0 amide bonds. The van der Waals surface area contributed by atoms with Crippen molar-refractivity contribution in [2.24, 2.45) is 0 Å². The van der Waals surface area contributed by atoms with Gasteiger partial charge >= 0.3 is 0 Å². The smallest absolute Gasteiger partial charge is 0.129 e. The summed E-state index contributed by atoms with van der Waals surface area (Å²) in [7, 11) is 0. The van der Waals surface area contributed by atoms with Crippen LogP contribution < -0.4 is 4.90 Å². The number of nitrogens with zero attached hydrogens (tertiary/aromatic N) is 2. The number of anilines is 1. The van der Waals surface area contributed by atoms with Crippen molar-refractivity contribution in [2.75, 3.05) is 18.0 Å². The summed E-state index contributed by atoms with van der Waals surface area (Å²) in [5.41, 5.74) is 1.98. The highest BCUT2D eigenvalue weighted by atomic mass is 35.5. The largest absolute Gasteiger partial charge is 0.369 e. The number of hydrogen-bond donors (Lipinski definition) is 0. The lowest BCUT2D eigenvalue weighted by molar-refractivity contribution is -0.0751. The first kappa shape index (κ1) is 14.6. The van der Waals surface area contributed by atoms with Gasteiger partial charge in [0.05, 0.1) is 17.2 Å². The minimum absolute atomic E-state index is 0.161. The van der Waals surface area contributed by atoms with Crippen LogP contribution in [0.5, 0.6) is 0 Å². The summed E-state index contributed by atoms with van der Waals surface area (Å²) in [5, 5.41) is 1.14. The summed E-state index contributed by atoms with van der Waals surface area (Å²) in [6.07, 6.45) is 0.196. The van der Waals surface area contributed by atoms with Crippen LogP contribution >= 0.6 is 11.6 Å². The average molecular weight is 305 g/mol. The third-order valence-corrected chi connectivity index (χ3v) is 4.11. The number of rotatable bonds is 2. The van der Waals surface area contributed by atoms with Crippen molar-refractivity contribution in [3.05, 3.63) is 35.9 Å². The highest BCUT2D eigenvalue weighted by Crippen LogP contribution is 2.28. The summed E-state index contributed by atoms with van der Waals surface area (Å²) in [6, 6.07) is 10.3. The SMILES string of the molecule is CC1CN(c2cc(CCl)c3ccccc3n2)CC(C)(C)O1. The molecule has 0 radical (unpaired) electrons. The number of aromatic nitrogens is 1. The molecule has 0 saturated carbocycles. The molecular weight excluding hydrogens is 284 g/mol. The molecule has 3 rings (SSSR count).